The van der Waals surface area contributed by atoms with E-state index in [1.54, 1.807) is 0 Å². The Morgan fingerprint density at radius 2 is 1.61 bits per heavy atom. The minimum Gasteiger partial charge on any atom is -0.278 e. The van der Waals surface area contributed by atoms with Gasteiger partial charge in [0, 0.05) is 6.21 Å². The molecule has 23 heavy (non-hydrogen) atoms. The lowest BCUT2D eigenvalue weighted by Crippen LogP contribution is -2.11. The quantitative estimate of drug-likeness (QED) is 0.582. The third-order valence-corrected chi connectivity index (χ3v) is 4.08. The fraction of sp³-hybridized carbons (Fsp3) is 0.158. The van der Waals surface area contributed by atoms with Crippen molar-refractivity contribution in [3.63, 3.8) is 0 Å². The molecule has 0 spiro atoms. The molecule has 1 N–H and O–H groups in total. The van der Waals surface area contributed by atoms with Crippen molar-refractivity contribution in [2.75, 3.05) is 5.43 Å². The van der Waals surface area contributed by atoms with E-state index in [1.807, 2.05) is 66.9 Å². The summed E-state index contributed by atoms with van der Waals surface area (Å²) < 4.78 is 0. The molecule has 3 rings (SSSR count). The summed E-state index contributed by atoms with van der Waals surface area (Å²) in [6.07, 6.45) is 4.69. The van der Waals surface area contributed by atoms with Crippen LogP contribution in [0.1, 0.15) is 19.3 Å². The molecule has 116 valence electrons. The van der Waals surface area contributed by atoms with Gasteiger partial charge in [-0.3, -0.25) is 10.4 Å². The number of halogens is 1. The van der Waals surface area contributed by atoms with Crippen molar-refractivity contribution >= 4 is 34.9 Å². The summed E-state index contributed by atoms with van der Waals surface area (Å²) in [6, 6.07) is 19.7. The lowest BCUT2D eigenvalue weighted by Gasteiger charge is -2.15. The first-order valence-corrected chi connectivity index (χ1v) is 8.06. The number of anilines is 1. The van der Waals surface area contributed by atoms with Crippen LogP contribution in [0.4, 0.5) is 11.4 Å². The lowest BCUT2D eigenvalue weighted by molar-refractivity contribution is 0.857. The van der Waals surface area contributed by atoms with Crippen LogP contribution in [0.25, 0.3) is 0 Å². The molecule has 1 aliphatic rings. The van der Waals surface area contributed by atoms with Gasteiger partial charge in [0.1, 0.15) is 0 Å². The maximum Gasteiger partial charge on any atom is 0.0796 e. The Hall–Kier alpha value is -2.39. The van der Waals surface area contributed by atoms with Gasteiger partial charge in [-0.15, -0.1) is 0 Å². The van der Waals surface area contributed by atoms with Crippen LogP contribution in [-0.2, 0) is 0 Å². The summed E-state index contributed by atoms with van der Waals surface area (Å²) in [6.45, 7) is 0. The number of aliphatic imine (C=N–C) groups is 1. The van der Waals surface area contributed by atoms with E-state index in [4.69, 9.17) is 11.6 Å². The van der Waals surface area contributed by atoms with Crippen molar-refractivity contribution in [3.05, 3.63) is 71.3 Å². The van der Waals surface area contributed by atoms with Gasteiger partial charge in [-0.1, -0.05) is 48.0 Å². The Kier molecular flexibility index (Phi) is 5.22. The molecule has 2 aromatic rings. The Balaban J connectivity index is 1.76. The second-order valence-electron chi connectivity index (χ2n) is 5.32. The molecule has 0 atom stereocenters. The van der Waals surface area contributed by atoms with Crippen LogP contribution in [0.15, 0.2) is 81.4 Å². The number of para-hydroxylation sites is 2. The van der Waals surface area contributed by atoms with Crippen LogP contribution in [0.2, 0.25) is 0 Å². The Morgan fingerprint density at radius 3 is 2.35 bits per heavy atom. The number of nitrogens with one attached hydrogen (secondary N) is 1. The number of rotatable bonds is 4. The first-order chi connectivity index (χ1) is 11.3. The molecule has 0 radical (unpaired) electrons. The predicted molar refractivity (Wildman–Crippen MR) is 98.8 cm³/mol. The van der Waals surface area contributed by atoms with Gasteiger partial charge in [-0.2, -0.15) is 5.10 Å². The summed E-state index contributed by atoms with van der Waals surface area (Å²) in [5.41, 5.74) is 6.87. The average molecular weight is 324 g/mol. The standard InChI is InChI=1S/C19H18ClN3/c20-19-15(14-21-16-9-3-1-4-10-16)8-7-13-18(19)23-22-17-11-5-2-6-12-17/h1-6,9-12,14,22H,7-8,13H2. The molecule has 0 saturated heterocycles. The van der Waals surface area contributed by atoms with E-state index in [0.29, 0.717) is 5.03 Å². The van der Waals surface area contributed by atoms with Crippen molar-refractivity contribution in [2.45, 2.75) is 19.3 Å². The molecule has 0 aliphatic heterocycles. The van der Waals surface area contributed by atoms with Crippen LogP contribution < -0.4 is 5.43 Å². The van der Waals surface area contributed by atoms with Crippen molar-refractivity contribution in [3.8, 4) is 0 Å². The molecule has 0 bridgehead atoms. The van der Waals surface area contributed by atoms with E-state index in [1.165, 1.54) is 0 Å². The zero-order chi connectivity index (χ0) is 15.9. The smallest absolute Gasteiger partial charge is 0.0796 e. The molecule has 3 nitrogen and oxygen atoms in total. The van der Waals surface area contributed by atoms with Crippen molar-refractivity contribution in [1.29, 1.82) is 0 Å². The van der Waals surface area contributed by atoms with E-state index in [0.717, 1.165) is 41.9 Å². The van der Waals surface area contributed by atoms with E-state index in [-0.39, 0.29) is 0 Å². The Bertz CT molecular complexity index is 734. The zero-order valence-corrected chi connectivity index (χ0v) is 13.5. The first-order valence-electron chi connectivity index (χ1n) is 7.69. The fourth-order valence-corrected chi connectivity index (χ4v) is 2.67. The molecule has 0 unspecified atom stereocenters. The SMILES string of the molecule is ClC1=C(C=Nc2ccccc2)CCCC1=NNc1ccccc1. The van der Waals surface area contributed by atoms with Crippen LogP contribution in [-0.4, -0.2) is 11.9 Å². The third kappa shape index (κ3) is 4.30. The third-order valence-electron chi connectivity index (χ3n) is 3.61. The van der Waals surface area contributed by atoms with Crippen LogP contribution in [0.5, 0.6) is 0 Å². The van der Waals surface area contributed by atoms with Crippen molar-refractivity contribution in [2.24, 2.45) is 10.1 Å². The highest BCUT2D eigenvalue weighted by molar-refractivity contribution is 6.45. The average Bonchev–Trinajstić information content (AvgIpc) is 2.61. The normalized spacial score (nSPS) is 17.0. The minimum atomic E-state index is 0.708. The molecule has 0 heterocycles. The summed E-state index contributed by atoms with van der Waals surface area (Å²) in [5.74, 6) is 0. The van der Waals surface area contributed by atoms with Gasteiger partial charge in [0.2, 0.25) is 0 Å². The molecule has 4 heteroatoms. The number of allylic oxidation sites excluding steroid dienone is 2. The second-order valence-corrected chi connectivity index (χ2v) is 5.70. The lowest BCUT2D eigenvalue weighted by atomic mass is 9.98. The molecule has 0 saturated carbocycles. The Labute approximate surface area is 141 Å². The highest BCUT2D eigenvalue weighted by Crippen LogP contribution is 2.25. The summed E-state index contributed by atoms with van der Waals surface area (Å²) >= 11 is 6.50. The highest BCUT2D eigenvalue weighted by atomic mass is 35.5. The van der Waals surface area contributed by atoms with E-state index >= 15 is 0 Å². The molecule has 0 fully saturated rings. The molecule has 2 aromatic carbocycles. The largest absolute Gasteiger partial charge is 0.278 e. The van der Waals surface area contributed by atoms with Crippen molar-refractivity contribution in [1.82, 2.24) is 0 Å². The molecular formula is C19H18ClN3. The van der Waals surface area contributed by atoms with Gasteiger partial charge in [-0.05, 0) is 49.1 Å². The van der Waals surface area contributed by atoms with Gasteiger partial charge in [-0.25, -0.2) is 0 Å². The zero-order valence-electron chi connectivity index (χ0n) is 12.7. The summed E-state index contributed by atoms with van der Waals surface area (Å²) in [7, 11) is 0. The van der Waals surface area contributed by atoms with E-state index in [2.05, 4.69) is 15.5 Å². The van der Waals surface area contributed by atoms with Gasteiger partial charge >= 0.3 is 0 Å². The maximum atomic E-state index is 6.50. The number of hydrogen-bond donors (Lipinski definition) is 1. The highest BCUT2D eigenvalue weighted by Gasteiger charge is 2.16. The fourth-order valence-electron chi connectivity index (χ4n) is 2.39. The Morgan fingerprint density at radius 1 is 0.913 bits per heavy atom. The number of hydrazone groups is 1. The van der Waals surface area contributed by atoms with Gasteiger partial charge < -0.3 is 0 Å². The number of nitrogens with zero attached hydrogens (tertiary/aromatic N) is 2. The molecular weight excluding hydrogens is 306 g/mol. The topological polar surface area (TPSA) is 36.8 Å². The molecule has 0 aromatic heterocycles. The minimum absolute atomic E-state index is 0.708. The number of benzene rings is 2. The second kappa shape index (κ2) is 7.75. The van der Waals surface area contributed by atoms with Gasteiger partial charge in [0.05, 0.1) is 22.1 Å². The first kappa shape index (κ1) is 15.5. The van der Waals surface area contributed by atoms with Crippen molar-refractivity contribution < 1.29 is 0 Å². The van der Waals surface area contributed by atoms with Gasteiger partial charge in [0.25, 0.3) is 0 Å². The van der Waals surface area contributed by atoms with E-state index in [9.17, 15) is 0 Å². The molecule has 0 amide bonds. The summed E-state index contributed by atoms with van der Waals surface area (Å²) in [4.78, 5) is 4.49. The molecule has 1 aliphatic carbocycles. The van der Waals surface area contributed by atoms with Gasteiger partial charge in [0.15, 0.2) is 0 Å². The monoisotopic (exact) mass is 323 g/mol. The maximum absolute atomic E-state index is 6.50. The van der Waals surface area contributed by atoms with Crippen LogP contribution in [0, 0.1) is 0 Å². The van der Waals surface area contributed by atoms with E-state index < -0.39 is 0 Å². The predicted octanol–water partition coefficient (Wildman–Crippen LogP) is 5.53. The van der Waals surface area contributed by atoms with Crippen LogP contribution in [0.3, 0.4) is 0 Å². The van der Waals surface area contributed by atoms with Crippen LogP contribution >= 0.6 is 11.6 Å². The summed E-state index contributed by atoms with van der Waals surface area (Å²) in [5, 5.41) is 5.16. The number of hydrogen-bond acceptors (Lipinski definition) is 3.